The zero-order valence-electron chi connectivity index (χ0n) is 8.02. The zero-order chi connectivity index (χ0) is 12.3. The number of hydrogen-bond donors (Lipinski definition) is 1. The van der Waals surface area contributed by atoms with Crippen LogP contribution < -0.4 is 4.74 Å². The second-order valence-electron chi connectivity index (χ2n) is 2.86. The highest BCUT2D eigenvalue weighted by Crippen LogP contribution is 2.23. The van der Waals surface area contributed by atoms with Crippen molar-refractivity contribution in [2.24, 2.45) is 0 Å². The van der Waals surface area contributed by atoms with Crippen molar-refractivity contribution in [1.29, 1.82) is 0 Å². The van der Waals surface area contributed by atoms with Crippen molar-refractivity contribution in [3.05, 3.63) is 17.8 Å². The summed E-state index contributed by atoms with van der Waals surface area (Å²) >= 11 is 0. The molecule has 16 heavy (non-hydrogen) atoms. The summed E-state index contributed by atoms with van der Waals surface area (Å²) in [7, 11) is 0. The summed E-state index contributed by atoms with van der Waals surface area (Å²) < 4.78 is 40.6. The predicted octanol–water partition coefficient (Wildman–Crippen LogP) is 1.50. The van der Waals surface area contributed by atoms with Crippen LogP contribution in [0.15, 0.2) is 12.1 Å². The van der Waals surface area contributed by atoms with Gasteiger partial charge in [-0.3, -0.25) is 0 Å². The van der Waals surface area contributed by atoms with Gasteiger partial charge in [0.2, 0.25) is 5.88 Å². The van der Waals surface area contributed by atoms with Crippen molar-refractivity contribution in [3.63, 3.8) is 0 Å². The maximum atomic E-state index is 12.1. The molecule has 0 aliphatic rings. The monoisotopic (exact) mass is 236 g/mol. The van der Waals surface area contributed by atoms with Gasteiger partial charge in [-0.25, -0.2) is 4.79 Å². The molecule has 88 valence electrons. The number of carboxylic acid groups (broad SMARTS) is 1. The lowest BCUT2D eigenvalue weighted by atomic mass is 10.4. The maximum Gasteiger partial charge on any atom is 0.425 e. The highest BCUT2D eigenvalue weighted by Gasteiger charge is 2.38. The second kappa shape index (κ2) is 4.33. The normalized spacial score (nSPS) is 13.2. The van der Waals surface area contributed by atoms with E-state index in [0.717, 1.165) is 19.1 Å². The summed E-state index contributed by atoms with van der Waals surface area (Å²) in [5.41, 5.74) is -0.369. The number of ether oxygens (including phenoxy) is 1. The molecule has 1 rings (SSSR count). The standard InChI is InChI=1S/C8H7F3N2O3/c1-4(8(9,10)11)16-6-3-2-5(7(14)15)12-13-6/h2-4H,1H3,(H,14,15). The molecule has 0 saturated heterocycles. The van der Waals surface area contributed by atoms with Crippen molar-refractivity contribution in [2.75, 3.05) is 0 Å². The van der Waals surface area contributed by atoms with E-state index >= 15 is 0 Å². The predicted molar refractivity (Wildman–Crippen MR) is 45.1 cm³/mol. The van der Waals surface area contributed by atoms with Gasteiger partial charge in [-0.15, -0.1) is 10.2 Å². The number of hydrogen-bond acceptors (Lipinski definition) is 4. The Balaban J connectivity index is 2.73. The average Bonchev–Trinajstić information content (AvgIpc) is 2.17. The lowest BCUT2D eigenvalue weighted by Crippen LogP contribution is -2.31. The Morgan fingerprint density at radius 1 is 1.44 bits per heavy atom. The van der Waals surface area contributed by atoms with Gasteiger partial charge in [0.15, 0.2) is 11.8 Å². The van der Waals surface area contributed by atoms with Crippen LogP contribution in [0.2, 0.25) is 0 Å². The lowest BCUT2D eigenvalue weighted by Gasteiger charge is -2.16. The number of aromatic nitrogens is 2. The molecule has 1 heterocycles. The quantitative estimate of drug-likeness (QED) is 0.860. The molecule has 1 atom stereocenters. The van der Waals surface area contributed by atoms with Gasteiger partial charge >= 0.3 is 12.1 Å². The lowest BCUT2D eigenvalue weighted by molar-refractivity contribution is -0.190. The summed E-state index contributed by atoms with van der Waals surface area (Å²) in [4.78, 5) is 10.4. The van der Waals surface area contributed by atoms with E-state index in [2.05, 4.69) is 14.9 Å². The van der Waals surface area contributed by atoms with Gasteiger partial charge in [0.25, 0.3) is 0 Å². The number of alkyl halides is 3. The minimum Gasteiger partial charge on any atom is -0.476 e. The molecule has 0 fully saturated rings. The number of rotatable bonds is 3. The molecule has 0 radical (unpaired) electrons. The minimum atomic E-state index is -4.51. The molecule has 5 nitrogen and oxygen atoms in total. The molecule has 0 spiro atoms. The fourth-order valence-corrected chi connectivity index (χ4v) is 0.745. The molecular formula is C8H7F3N2O3. The highest BCUT2D eigenvalue weighted by atomic mass is 19.4. The largest absolute Gasteiger partial charge is 0.476 e. The van der Waals surface area contributed by atoms with Gasteiger partial charge in [0, 0.05) is 6.07 Å². The Kier molecular flexibility index (Phi) is 3.31. The summed E-state index contributed by atoms with van der Waals surface area (Å²) in [6.07, 6.45) is -6.54. The number of carbonyl (C=O) groups is 1. The Labute approximate surface area is 87.9 Å². The maximum absolute atomic E-state index is 12.1. The SMILES string of the molecule is CC(Oc1ccc(C(=O)O)nn1)C(F)(F)F. The second-order valence-corrected chi connectivity index (χ2v) is 2.86. The van der Waals surface area contributed by atoms with Gasteiger partial charge in [-0.2, -0.15) is 13.2 Å². The van der Waals surface area contributed by atoms with Crippen LogP contribution in [0, 0.1) is 0 Å². The molecule has 0 bridgehead atoms. The van der Waals surface area contributed by atoms with Crippen LogP contribution in [0.4, 0.5) is 13.2 Å². The van der Waals surface area contributed by atoms with Crippen molar-refractivity contribution in [2.45, 2.75) is 19.2 Å². The number of nitrogens with zero attached hydrogens (tertiary/aromatic N) is 2. The summed E-state index contributed by atoms with van der Waals surface area (Å²) in [5, 5.41) is 14.8. The van der Waals surface area contributed by atoms with Crippen molar-refractivity contribution in [1.82, 2.24) is 10.2 Å². The third-order valence-electron chi connectivity index (χ3n) is 1.62. The van der Waals surface area contributed by atoms with Crippen molar-refractivity contribution in [3.8, 4) is 5.88 Å². The Morgan fingerprint density at radius 2 is 2.06 bits per heavy atom. The molecular weight excluding hydrogens is 229 g/mol. The van der Waals surface area contributed by atoms with Crippen LogP contribution in [-0.2, 0) is 0 Å². The number of aromatic carboxylic acids is 1. The number of carboxylic acids is 1. The fourth-order valence-electron chi connectivity index (χ4n) is 0.745. The first-order valence-electron chi connectivity index (χ1n) is 4.11. The van der Waals surface area contributed by atoms with E-state index in [-0.39, 0.29) is 11.6 Å². The zero-order valence-corrected chi connectivity index (χ0v) is 8.02. The van der Waals surface area contributed by atoms with Gasteiger partial charge in [-0.05, 0) is 13.0 Å². The van der Waals surface area contributed by atoms with Gasteiger partial charge in [-0.1, -0.05) is 0 Å². The molecule has 0 amide bonds. The molecule has 0 saturated carbocycles. The van der Waals surface area contributed by atoms with Crippen LogP contribution in [0.1, 0.15) is 17.4 Å². The van der Waals surface area contributed by atoms with Crippen LogP contribution in [0.5, 0.6) is 5.88 Å². The molecule has 1 N–H and O–H groups in total. The average molecular weight is 236 g/mol. The summed E-state index contributed by atoms with van der Waals surface area (Å²) in [6.45, 7) is 0.812. The molecule has 0 aliphatic carbocycles. The Morgan fingerprint density at radius 3 is 2.44 bits per heavy atom. The molecule has 1 aromatic heterocycles. The van der Waals surface area contributed by atoms with E-state index in [1.54, 1.807) is 0 Å². The third-order valence-corrected chi connectivity index (χ3v) is 1.62. The van der Waals surface area contributed by atoms with E-state index in [4.69, 9.17) is 5.11 Å². The van der Waals surface area contributed by atoms with Gasteiger partial charge in [0.1, 0.15) is 0 Å². The van der Waals surface area contributed by atoms with E-state index in [0.29, 0.717) is 0 Å². The van der Waals surface area contributed by atoms with E-state index < -0.39 is 18.2 Å². The highest BCUT2D eigenvalue weighted by molar-refractivity contribution is 5.84. The molecule has 8 heteroatoms. The van der Waals surface area contributed by atoms with Crippen molar-refractivity contribution < 1.29 is 27.8 Å². The summed E-state index contributed by atoms with van der Waals surface area (Å²) in [6, 6.07) is 2.02. The topological polar surface area (TPSA) is 72.3 Å². The van der Waals surface area contributed by atoms with E-state index in [1.165, 1.54) is 0 Å². The smallest absolute Gasteiger partial charge is 0.425 e. The van der Waals surface area contributed by atoms with Crippen LogP contribution >= 0.6 is 0 Å². The first-order chi connectivity index (χ1) is 7.30. The molecule has 0 aliphatic heterocycles. The fraction of sp³-hybridized carbons (Fsp3) is 0.375. The van der Waals surface area contributed by atoms with Crippen LogP contribution in [0.3, 0.4) is 0 Å². The van der Waals surface area contributed by atoms with E-state index in [9.17, 15) is 18.0 Å². The Hall–Kier alpha value is -1.86. The van der Waals surface area contributed by atoms with Gasteiger partial charge in [0.05, 0.1) is 0 Å². The van der Waals surface area contributed by atoms with Gasteiger partial charge < -0.3 is 9.84 Å². The third kappa shape index (κ3) is 3.07. The molecule has 1 aromatic rings. The van der Waals surface area contributed by atoms with Crippen LogP contribution in [-0.4, -0.2) is 33.6 Å². The van der Waals surface area contributed by atoms with Crippen molar-refractivity contribution >= 4 is 5.97 Å². The molecule has 1 unspecified atom stereocenters. The first kappa shape index (κ1) is 12.2. The van der Waals surface area contributed by atoms with E-state index in [1.807, 2.05) is 0 Å². The first-order valence-corrected chi connectivity index (χ1v) is 4.11. The van der Waals surface area contributed by atoms with Crippen LogP contribution in [0.25, 0.3) is 0 Å². The summed E-state index contributed by atoms with van der Waals surface area (Å²) in [5.74, 6) is -1.70. The number of halogens is 3. The minimum absolute atomic E-state index is 0.369. The Bertz CT molecular complexity index is 377. The molecule has 0 aromatic carbocycles.